The third kappa shape index (κ3) is 4.34. The van der Waals surface area contributed by atoms with Crippen LogP contribution in [0.5, 0.6) is 11.5 Å². The van der Waals surface area contributed by atoms with E-state index in [4.69, 9.17) is 9.15 Å². The van der Waals surface area contributed by atoms with Gasteiger partial charge in [-0.3, -0.25) is 4.79 Å². The number of ether oxygens (including phenoxy) is 3. The maximum atomic E-state index is 12.9. The second-order valence-electron chi connectivity index (χ2n) is 4.83. The van der Waals surface area contributed by atoms with E-state index in [0.29, 0.717) is 5.76 Å². The van der Waals surface area contributed by atoms with Gasteiger partial charge in [-0.25, -0.2) is 4.79 Å². The molecule has 7 nitrogen and oxygen atoms in total. The fraction of sp³-hybridized carbons (Fsp3) is 0.125. The maximum Gasteiger partial charge on any atom is 0.586 e. The number of rotatable bonds is 5. The summed E-state index contributed by atoms with van der Waals surface area (Å²) in [5.41, 5.74) is 0.187. The third-order valence-electron chi connectivity index (χ3n) is 2.96. The smallest absolute Gasteiger partial charge is 0.465 e. The molecule has 130 valence electrons. The van der Waals surface area contributed by atoms with E-state index in [2.05, 4.69) is 14.8 Å². The van der Waals surface area contributed by atoms with Gasteiger partial charge in [-0.2, -0.15) is 0 Å². The number of carbonyl (C=O) groups is 2. The third-order valence-corrected chi connectivity index (χ3v) is 2.96. The predicted molar refractivity (Wildman–Crippen MR) is 80.0 cm³/mol. The number of hydrogen-bond donors (Lipinski definition) is 1. The lowest BCUT2D eigenvalue weighted by Gasteiger charge is -2.06. The number of nitrogens with one attached hydrogen (secondary N) is 1. The Morgan fingerprint density at radius 2 is 2.00 bits per heavy atom. The molecule has 0 aliphatic carbocycles. The highest BCUT2D eigenvalue weighted by molar-refractivity contribution is 5.94. The summed E-state index contributed by atoms with van der Waals surface area (Å²) in [7, 11) is 0. The zero-order chi connectivity index (χ0) is 17.9. The Morgan fingerprint density at radius 1 is 1.20 bits per heavy atom. The molecule has 0 radical (unpaired) electrons. The Morgan fingerprint density at radius 3 is 2.76 bits per heavy atom. The molecule has 0 saturated carbocycles. The summed E-state index contributed by atoms with van der Waals surface area (Å²) >= 11 is 0. The van der Waals surface area contributed by atoms with Crippen molar-refractivity contribution in [1.29, 1.82) is 0 Å². The fourth-order valence-electron chi connectivity index (χ4n) is 1.94. The monoisotopic (exact) mass is 351 g/mol. The van der Waals surface area contributed by atoms with Crippen molar-refractivity contribution in [3.8, 4) is 11.5 Å². The van der Waals surface area contributed by atoms with Crippen LogP contribution in [0.3, 0.4) is 0 Å². The van der Waals surface area contributed by atoms with Gasteiger partial charge in [-0.15, -0.1) is 8.78 Å². The van der Waals surface area contributed by atoms with E-state index in [1.165, 1.54) is 30.5 Å². The number of alkyl halides is 2. The van der Waals surface area contributed by atoms with Crippen molar-refractivity contribution in [3.63, 3.8) is 0 Å². The van der Waals surface area contributed by atoms with Crippen LogP contribution >= 0.6 is 0 Å². The van der Waals surface area contributed by atoms with Crippen molar-refractivity contribution in [1.82, 2.24) is 0 Å². The van der Waals surface area contributed by atoms with Crippen LogP contribution in [0.15, 0.2) is 47.1 Å². The van der Waals surface area contributed by atoms with Gasteiger partial charge in [0.05, 0.1) is 6.26 Å². The van der Waals surface area contributed by atoms with E-state index in [1.54, 1.807) is 12.1 Å². The summed E-state index contributed by atoms with van der Waals surface area (Å²) in [5.74, 6) is -1.28. The predicted octanol–water partition coefficient (Wildman–Crippen LogP) is 2.80. The lowest BCUT2D eigenvalue weighted by molar-refractivity contribution is -0.286. The Kier molecular flexibility index (Phi) is 4.38. The normalized spacial score (nSPS) is 14.5. The van der Waals surface area contributed by atoms with Crippen LogP contribution in [0.1, 0.15) is 5.76 Å². The lowest BCUT2D eigenvalue weighted by atomic mass is 10.3. The average Bonchev–Trinajstić information content (AvgIpc) is 3.16. The SMILES string of the molecule is O=C(COC(=O)/C=C/c1ccco1)Nc1ccc2c(c1)OC(F)(F)O2. The molecular weight excluding hydrogens is 340 g/mol. The summed E-state index contributed by atoms with van der Waals surface area (Å²) in [4.78, 5) is 23.2. The quantitative estimate of drug-likeness (QED) is 0.658. The minimum atomic E-state index is -3.74. The molecule has 1 aromatic heterocycles. The zero-order valence-corrected chi connectivity index (χ0v) is 12.5. The second-order valence-corrected chi connectivity index (χ2v) is 4.83. The van der Waals surface area contributed by atoms with Crippen molar-refractivity contribution in [2.24, 2.45) is 0 Å². The summed E-state index contributed by atoms with van der Waals surface area (Å²) in [6.45, 7) is -0.550. The van der Waals surface area contributed by atoms with Crippen LogP contribution in [0.25, 0.3) is 6.08 Å². The summed E-state index contributed by atoms with van der Waals surface area (Å²) in [6, 6.07) is 7.04. The molecule has 0 atom stereocenters. The van der Waals surface area contributed by atoms with E-state index in [1.807, 2.05) is 0 Å². The van der Waals surface area contributed by atoms with Gasteiger partial charge in [0.2, 0.25) is 0 Å². The van der Waals surface area contributed by atoms with E-state index < -0.39 is 24.8 Å². The van der Waals surface area contributed by atoms with Gasteiger partial charge in [-0.05, 0) is 30.3 Å². The van der Waals surface area contributed by atoms with Crippen LogP contribution in [0.2, 0.25) is 0 Å². The Bertz CT molecular complexity index is 816. The summed E-state index contributed by atoms with van der Waals surface area (Å²) in [5, 5.41) is 2.38. The van der Waals surface area contributed by atoms with E-state index in [0.717, 1.165) is 6.08 Å². The molecule has 0 unspecified atom stereocenters. The van der Waals surface area contributed by atoms with Crippen molar-refractivity contribution < 1.29 is 37.0 Å². The van der Waals surface area contributed by atoms with Gasteiger partial charge in [0.15, 0.2) is 18.1 Å². The molecule has 1 aromatic carbocycles. The molecule has 1 aliphatic heterocycles. The van der Waals surface area contributed by atoms with E-state index >= 15 is 0 Å². The van der Waals surface area contributed by atoms with Crippen LogP contribution in [0, 0.1) is 0 Å². The van der Waals surface area contributed by atoms with E-state index in [9.17, 15) is 18.4 Å². The first-order valence-corrected chi connectivity index (χ1v) is 6.99. The molecule has 3 rings (SSSR count). The summed E-state index contributed by atoms with van der Waals surface area (Å²) in [6.07, 6.45) is 0.202. The molecule has 25 heavy (non-hydrogen) atoms. The Hall–Kier alpha value is -3.36. The molecule has 0 fully saturated rings. The van der Waals surface area contributed by atoms with Gasteiger partial charge in [0, 0.05) is 17.8 Å². The first-order chi connectivity index (χ1) is 11.9. The number of halogens is 2. The van der Waals surface area contributed by atoms with Gasteiger partial charge < -0.3 is 23.9 Å². The number of anilines is 1. The fourth-order valence-corrected chi connectivity index (χ4v) is 1.94. The number of amides is 1. The molecule has 0 spiro atoms. The number of carbonyl (C=O) groups excluding carboxylic acids is 2. The van der Waals surface area contributed by atoms with Crippen LogP contribution in [-0.4, -0.2) is 24.8 Å². The second kappa shape index (κ2) is 6.63. The largest absolute Gasteiger partial charge is 0.586 e. The number of benzene rings is 1. The van der Waals surface area contributed by atoms with Crippen LogP contribution < -0.4 is 14.8 Å². The van der Waals surface area contributed by atoms with Crippen LogP contribution in [-0.2, 0) is 14.3 Å². The van der Waals surface area contributed by atoms with Crippen LogP contribution in [0.4, 0.5) is 14.5 Å². The minimum Gasteiger partial charge on any atom is -0.465 e. The minimum absolute atomic E-state index is 0.141. The first-order valence-electron chi connectivity index (χ1n) is 6.99. The van der Waals surface area contributed by atoms with Gasteiger partial charge in [0.1, 0.15) is 5.76 Å². The molecule has 9 heteroatoms. The zero-order valence-electron chi connectivity index (χ0n) is 12.5. The number of furan rings is 1. The highest BCUT2D eigenvalue weighted by atomic mass is 19.3. The van der Waals surface area contributed by atoms with Crippen molar-refractivity contribution in [2.45, 2.75) is 6.29 Å². The highest BCUT2D eigenvalue weighted by Gasteiger charge is 2.43. The number of fused-ring (bicyclic) bond motifs is 1. The molecule has 2 aromatic rings. The topological polar surface area (TPSA) is 87.0 Å². The molecule has 1 aliphatic rings. The summed E-state index contributed by atoms with van der Waals surface area (Å²) < 4.78 is 44.1. The molecule has 0 saturated heterocycles. The number of esters is 1. The average molecular weight is 351 g/mol. The molecule has 1 amide bonds. The van der Waals surface area contributed by atoms with E-state index in [-0.39, 0.29) is 17.2 Å². The maximum absolute atomic E-state index is 12.9. The van der Waals surface area contributed by atoms with Crippen molar-refractivity contribution in [3.05, 3.63) is 48.4 Å². The van der Waals surface area contributed by atoms with Crippen molar-refractivity contribution in [2.75, 3.05) is 11.9 Å². The lowest BCUT2D eigenvalue weighted by Crippen LogP contribution is -2.25. The molecule has 2 heterocycles. The molecule has 1 N–H and O–H groups in total. The Balaban J connectivity index is 1.49. The van der Waals surface area contributed by atoms with Gasteiger partial charge >= 0.3 is 12.3 Å². The highest BCUT2D eigenvalue weighted by Crippen LogP contribution is 2.42. The molecule has 0 bridgehead atoms. The van der Waals surface area contributed by atoms with Gasteiger partial charge in [0.25, 0.3) is 5.91 Å². The van der Waals surface area contributed by atoms with Crippen molar-refractivity contribution >= 4 is 23.6 Å². The first kappa shape index (κ1) is 16.5. The number of hydrogen-bond acceptors (Lipinski definition) is 6. The Labute approximate surface area is 139 Å². The standard InChI is InChI=1S/C16H11F2NO6/c17-16(18)24-12-5-3-10(8-13(12)25-16)19-14(20)9-23-15(21)6-4-11-2-1-7-22-11/h1-8H,9H2,(H,19,20)/b6-4+. The van der Waals surface area contributed by atoms with Gasteiger partial charge in [-0.1, -0.05) is 0 Å². The molecular formula is C16H11F2NO6.